The maximum atomic E-state index is 12.6. The second-order valence-corrected chi connectivity index (χ2v) is 7.89. The first kappa shape index (κ1) is 16.5. The highest BCUT2D eigenvalue weighted by atomic mass is 79.9. The predicted molar refractivity (Wildman–Crippen MR) is 84.4 cm³/mol. The molecule has 0 unspecified atom stereocenters. The summed E-state index contributed by atoms with van der Waals surface area (Å²) in [7, 11) is -3.83. The van der Waals surface area contributed by atoms with Gasteiger partial charge in [0.25, 0.3) is 5.91 Å². The quantitative estimate of drug-likeness (QED) is 0.829. The number of carbonyl (C=O) groups is 1. The molecule has 1 aromatic rings. The highest BCUT2D eigenvalue weighted by molar-refractivity contribution is 9.10. The van der Waals surface area contributed by atoms with Gasteiger partial charge in [0.15, 0.2) is 0 Å². The molecule has 0 heterocycles. The Morgan fingerprint density at radius 1 is 1.38 bits per heavy atom. The Morgan fingerprint density at radius 2 is 2.05 bits per heavy atom. The van der Waals surface area contributed by atoms with Crippen molar-refractivity contribution in [2.75, 3.05) is 13.1 Å². The van der Waals surface area contributed by atoms with Gasteiger partial charge in [-0.15, -0.1) is 0 Å². The van der Waals surface area contributed by atoms with E-state index in [0.717, 1.165) is 25.8 Å². The van der Waals surface area contributed by atoms with Crippen LogP contribution in [-0.2, 0) is 10.0 Å². The largest absolute Gasteiger partial charge is 0.338 e. The zero-order valence-corrected chi connectivity index (χ0v) is 14.3. The lowest BCUT2D eigenvalue weighted by Crippen LogP contribution is -2.33. The molecule has 5 nitrogen and oxygen atoms in total. The molecule has 1 amide bonds. The first-order chi connectivity index (χ1) is 9.81. The number of amides is 1. The molecule has 0 saturated heterocycles. The minimum Gasteiger partial charge on any atom is -0.338 e. The van der Waals surface area contributed by atoms with Crippen molar-refractivity contribution < 1.29 is 13.2 Å². The lowest BCUT2D eigenvalue weighted by molar-refractivity contribution is 0.0747. The molecule has 0 radical (unpaired) electrons. The first-order valence-electron chi connectivity index (χ1n) is 6.94. The number of rotatable bonds is 6. The average Bonchev–Trinajstić information content (AvgIpc) is 3.19. The zero-order chi connectivity index (χ0) is 15.6. The van der Waals surface area contributed by atoms with Crippen LogP contribution >= 0.6 is 15.9 Å². The lowest BCUT2D eigenvalue weighted by Gasteiger charge is -2.22. The van der Waals surface area contributed by atoms with Crippen LogP contribution < -0.4 is 5.14 Å². The van der Waals surface area contributed by atoms with E-state index in [1.807, 2.05) is 6.92 Å². The molecule has 2 N–H and O–H groups in total. The first-order valence-corrected chi connectivity index (χ1v) is 9.28. The normalized spacial score (nSPS) is 15.0. The molecule has 1 saturated carbocycles. The Labute approximate surface area is 133 Å². The van der Waals surface area contributed by atoms with Gasteiger partial charge in [0, 0.05) is 23.1 Å². The summed E-state index contributed by atoms with van der Waals surface area (Å²) in [6, 6.07) is 4.38. The minimum atomic E-state index is -3.83. The average molecular weight is 375 g/mol. The maximum Gasteiger partial charge on any atom is 0.253 e. The van der Waals surface area contributed by atoms with Gasteiger partial charge < -0.3 is 4.90 Å². The molecule has 1 aliphatic rings. The summed E-state index contributed by atoms with van der Waals surface area (Å²) in [4.78, 5) is 14.3. The summed E-state index contributed by atoms with van der Waals surface area (Å²) in [5.74, 6) is 0.445. The summed E-state index contributed by atoms with van der Waals surface area (Å²) in [5.41, 5.74) is 0.350. The van der Waals surface area contributed by atoms with Crippen LogP contribution in [0.5, 0.6) is 0 Å². The van der Waals surface area contributed by atoms with Crippen LogP contribution in [-0.4, -0.2) is 32.3 Å². The van der Waals surface area contributed by atoms with Gasteiger partial charge in [-0.25, -0.2) is 13.6 Å². The van der Waals surface area contributed by atoms with Gasteiger partial charge in [-0.1, -0.05) is 22.9 Å². The van der Waals surface area contributed by atoms with E-state index in [4.69, 9.17) is 5.14 Å². The molecule has 1 fully saturated rings. The molecule has 7 heteroatoms. The van der Waals surface area contributed by atoms with Gasteiger partial charge in [-0.2, -0.15) is 0 Å². The number of sulfonamides is 1. The molecule has 1 aromatic carbocycles. The van der Waals surface area contributed by atoms with E-state index >= 15 is 0 Å². The molecule has 116 valence electrons. The third-order valence-electron chi connectivity index (χ3n) is 3.40. The fourth-order valence-corrected chi connectivity index (χ4v) is 3.42. The number of carbonyl (C=O) groups excluding carboxylic acids is 1. The fraction of sp³-hybridized carbons (Fsp3) is 0.500. The Bertz CT molecular complexity index is 642. The van der Waals surface area contributed by atoms with Gasteiger partial charge >= 0.3 is 0 Å². The Hall–Kier alpha value is -0.920. The van der Waals surface area contributed by atoms with Gasteiger partial charge in [0.1, 0.15) is 0 Å². The van der Waals surface area contributed by atoms with E-state index in [1.54, 1.807) is 11.0 Å². The van der Waals surface area contributed by atoms with E-state index in [2.05, 4.69) is 15.9 Å². The summed E-state index contributed by atoms with van der Waals surface area (Å²) in [6.07, 6.45) is 3.19. The van der Waals surface area contributed by atoms with Crippen LogP contribution in [0.4, 0.5) is 0 Å². The monoisotopic (exact) mass is 374 g/mol. The molecule has 2 rings (SSSR count). The maximum absolute atomic E-state index is 12.6. The number of primary sulfonamides is 1. The second kappa shape index (κ2) is 6.46. The van der Waals surface area contributed by atoms with Crippen LogP contribution in [0, 0.1) is 5.92 Å². The van der Waals surface area contributed by atoms with Gasteiger partial charge in [-0.3, -0.25) is 4.79 Å². The standard InChI is InChI=1S/C14H19BrN2O3S/c1-2-5-17(9-10-3-4-10)14(18)11-6-12(15)8-13(7-11)21(16,19)20/h6-8,10H,2-5,9H2,1H3,(H2,16,19,20). The van der Waals surface area contributed by atoms with E-state index in [0.29, 0.717) is 22.5 Å². The SMILES string of the molecule is CCCN(CC1CC1)C(=O)c1cc(Br)cc(S(N)(=O)=O)c1. The van der Waals surface area contributed by atoms with Crippen molar-refractivity contribution in [2.45, 2.75) is 31.1 Å². The van der Waals surface area contributed by atoms with E-state index in [9.17, 15) is 13.2 Å². The van der Waals surface area contributed by atoms with Crippen molar-refractivity contribution in [3.05, 3.63) is 28.2 Å². The molecule has 21 heavy (non-hydrogen) atoms. The number of hydrogen-bond donors (Lipinski definition) is 1. The molecular formula is C14H19BrN2O3S. The zero-order valence-electron chi connectivity index (χ0n) is 11.9. The number of benzene rings is 1. The van der Waals surface area contributed by atoms with Crippen molar-refractivity contribution in [3.63, 3.8) is 0 Å². The van der Waals surface area contributed by atoms with Crippen molar-refractivity contribution in [1.82, 2.24) is 4.90 Å². The van der Waals surface area contributed by atoms with Gasteiger partial charge in [-0.05, 0) is 43.4 Å². The van der Waals surface area contributed by atoms with Crippen molar-refractivity contribution in [3.8, 4) is 0 Å². The van der Waals surface area contributed by atoms with Crippen LogP contribution in [0.25, 0.3) is 0 Å². The van der Waals surface area contributed by atoms with Crippen molar-refractivity contribution >= 4 is 31.9 Å². The van der Waals surface area contributed by atoms with E-state index in [-0.39, 0.29) is 10.8 Å². The van der Waals surface area contributed by atoms with E-state index < -0.39 is 10.0 Å². The third kappa shape index (κ3) is 4.52. The highest BCUT2D eigenvalue weighted by Gasteiger charge is 2.27. The number of nitrogens with two attached hydrogens (primary N) is 1. The molecular weight excluding hydrogens is 356 g/mol. The second-order valence-electron chi connectivity index (χ2n) is 5.42. The fourth-order valence-electron chi connectivity index (χ4n) is 2.19. The summed E-state index contributed by atoms with van der Waals surface area (Å²) < 4.78 is 23.5. The minimum absolute atomic E-state index is 0.0527. The topological polar surface area (TPSA) is 80.5 Å². The molecule has 0 bridgehead atoms. The smallest absolute Gasteiger partial charge is 0.253 e. The number of halogens is 1. The molecule has 1 aliphatic carbocycles. The van der Waals surface area contributed by atoms with Crippen molar-refractivity contribution in [2.24, 2.45) is 11.1 Å². The summed E-state index contributed by atoms with van der Waals surface area (Å²) in [6.45, 7) is 3.43. The number of hydrogen-bond acceptors (Lipinski definition) is 3. The molecule has 0 aromatic heterocycles. The van der Waals surface area contributed by atoms with Crippen LogP contribution in [0.3, 0.4) is 0 Å². The summed E-state index contributed by atoms with van der Waals surface area (Å²) >= 11 is 3.23. The van der Waals surface area contributed by atoms with E-state index in [1.165, 1.54) is 12.1 Å². The molecule has 0 atom stereocenters. The Kier molecular flexibility index (Phi) is 5.06. The third-order valence-corrected chi connectivity index (χ3v) is 4.75. The predicted octanol–water partition coefficient (Wildman–Crippen LogP) is 2.36. The molecule has 0 aliphatic heterocycles. The highest BCUT2D eigenvalue weighted by Crippen LogP contribution is 2.30. The number of nitrogens with zero attached hydrogens (tertiary/aromatic N) is 1. The Balaban J connectivity index is 2.29. The Morgan fingerprint density at radius 3 is 2.57 bits per heavy atom. The van der Waals surface area contributed by atoms with Crippen LogP contribution in [0.2, 0.25) is 0 Å². The van der Waals surface area contributed by atoms with Crippen LogP contribution in [0.1, 0.15) is 36.5 Å². The summed E-state index contributed by atoms with van der Waals surface area (Å²) in [5, 5.41) is 5.15. The van der Waals surface area contributed by atoms with Gasteiger partial charge in [0.2, 0.25) is 10.0 Å². The van der Waals surface area contributed by atoms with Gasteiger partial charge in [0.05, 0.1) is 4.90 Å². The molecule has 0 spiro atoms. The van der Waals surface area contributed by atoms with Crippen molar-refractivity contribution in [1.29, 1.82) is 0 Å². The lowest BCUT2D eigenvalue weighted by atomic mass is 10.2. The van der Waals surface area contributed by atoms with Crippen LogP contribution in [0.15, 0.2) is 27.6 Å².